The van der Waals surface area contributed by atoms with Crippen LogP contribution in [0.5, 0.6) is 0 Å². The molecule has 1 aliphatic rings. The summed E-state index contributed by atoms with van der Waals surface area (Å²) in [6.45, 7) is 3.36. The third-order valence-electron chi connectivity index (χ3n) is 3.54. The Labute approximate surface area is 126 Å². The van der Waals surface area contributed by atoms with E-state index in [-0.39, 0.29) is 17.6 Å². The molecule has 4 heteroatoms. The van der Waals surface area contributed by atoms with Crippen molar-refractivity contribution in [2.24, 2.45) is 0 Å². The van der Waals surface area contributed by atoms with E-state index in [0.29, 0.717) is 5.56 Å². The van der Waals surface area contributed by atoms with Crippen LogP contribution >= 0.6 is 24.0 Å². The molecule has 106 valence electrons. The van der Waals surface area contributed by atoms with Crippen LogP contribution in [0.4, 0.5) is 0 Å². The smallest absolute Gasteiger partial charge is 0.252 e. The lowest BCUT2D eigenvalue weighted by Crippen LogP contribution is -2.26. The summed E-state index contributed by atoms with van der Waals surface area (Å²) in [7, 11) is 0. The third kappa shape index (κ3) is 5.52. The molecule has 0 N–H and O–H groups in total. The molecule has 1 saturated heterocycles. The van der Waals surface area contributed by atoms with Crippen molar-refractivity contribution in [3.05, 3.63) is 35.4 Å². The van der Waals surface area contributed by atoms with Gasteiger partial charge in [-0.2, -0.15) is 0 Å². The molecule has 19 heavy (non-hydrogen) atoms. The summed E-state index contributed by atoms with van der Waals surface area (Å²) in [5.74, 6) is 0. The molecular formula is C15H21Cl2NO. The Hall–Kier alpha value is -0.570. The van der Waals surface area contributed by atoms with E-state index in [1.165, 1.54) is 50.8 Å². The van der Waals surface area contributed by atoms with Gasteiger partial charge in [-0.15, -0.1) is 12.4 Å². The van der Waals surface area contributed by atoms with Gasteiger partial charge in [0.25, 0.3) is 5.24 Å². The van der Waals surface area contributed by atoms with Gasteiger partial charge in [0.15, 0.2) is 0 Å². The van der Waals surface area contributed by atoms with E-state index >= 15 is 0 Å². The van der Waals surface area contributed by atoms with Gasteiger partial charge in [-0.3, -0.25) is 9.69 Å². The van der Waals surface area contributed by atoms with Crippen molar-refractivity contribution in [3.8, 4) is 0 Å². The average Bonchev–Trinajstić information content (AvgIpc) is 2.33. The van der Waals surface area contributed by atoms with Crippen LogP contribution in [0.2, 0.25) is 0 Å². The molecule has 0 unspecified atom stereocenters. The maximum atomic E-state index is 11.0. The maximum absolute atomic E-state index is 11.0. The first-order valence-electron chi connectivity index (χ1n) is 6.77. The number of benzene rings is 1. The maximum Gasteiger partial charge on any atom is 0.252 e. The predicted molar refractivity (Wildman–Crippen MR) is 82.2 cm³/mol. The molecular weight excluding hydrogens is 281 g/mol. The number of nitrogens with zero attached hydrogens (tertiary/aromatic N) is 1. The first-order chi connectivity index (χ1) is 8.75. The Morgan fingerprint density at radius 2 is 1.53 bits per heavy atom. The van der Waals surface area contributed by atoms with Crippen LogP contribution < -0.4 is 0 Å². The van der Waals surface area contributed by atoms with E-state index in [0.717, 1.165) is 6.54 Å². The molecule has 2 nitrogen and oxygen atoms in total. The molecule has 1 aromatic rings. The molecule has 1 aliphatic heterocycles. The van der Waals surface area contributed by atoms with Crippen LogP contribution in [0.25, 0.3) is 0 Å². The summed E-state index contributed by atoms with van der Waals surface area (Å²) >= 11 is 5.44. The monoisotopic (exact) mass is 301 g/mol. The molecule has 0 spiro atoms. The van der Waals surface area contributed by atoms with Gasteiger partial charge < -0.3 is 0 Å². The van der Waals surface area contributed by atoms with E-state index in [9.17, 15) is 4.79 Å². The van der Waals surface area contributed by atoms with Gasteiger partial charge in [-0.25, -0.2) is 0 Å². The van der Waals surface area contributed by atoms with Gasteiger partial charge in [0.2, 0.25) is 0 Å². The average molecular weight is 302 g/mol. The van der Waals surface area contributed by atoms with Crippen LogP contribution in [-0.4, -0.2) is 23.2 Å². The molecule has 0 atom stereocenters. The van der Waals surface area contributed by atoms with Gasteiger partial charge in [0.1, 0.15) is 0 Å². The van der Waals surface area contributed by atoms with Crippen molar-refractivity contribution in [2.75, 3.05) is 13.1 Å². The molecule has 1 aromatic carbocycles. The fraction of sp³-hybridized carbons (Fsp3) is 0.533. The zero-order valence-electron chi connectivity index (χ0n) is 11.1. The summed E-state index contributed by atoms with van der Waals surface area (Å²) in [5, 5.41) is -0.382. The minimum atomic E-state index is -0.382. The third-order valence-corrected chi connectivity index (χ3v) is 3.75. The second-order valence-electron chi connectivity index (χ2n) is 5.01. The Kier molecular flexibility index (Phi) is 7.44. The van der Waals surface area contributed by atoms with Crippen molar-refractivity contribution in [3.63, 3.8) is 0 Å². The number of hydrogen-bond acceptors (Lipinski definition) is 2. The largest absolute Gasteiger partial charge is 0.299 e. The lowest BCUT2D eigenvalue weighted by atomic mass is 10.1. The Morgan fingerprint density at radius 1 is 1.00 bits per heavy atom. The second-order valence-corrected chi connectivity index (χ2v) is 5.36. The van der Waals surface area contributed by atoms with E-state index in [1.54, 1.807) is 0 Å². The van der Waals surface area contributed by atoms with Gasteiger partial charge in [-0.1, -0.05) is 31.4 Å². The minimum Gasteiger partial charge on any atom is -0.299 e. The van der Waals surface area contributed by atoms with Crippen molar-refractivity contribution in [2.45, 2.75) is 38.6 Å². The lowest BCUT2D eigenvalue weighted by Gasteiger charge is -2.24. The summed E-state index contributed by atoms with van der Waals surface area (Å²) in [6, 6.07) is 7.65. The molecule has 0 saturated carbocycles. The summed E-state index contributed by atoms with van der Waals surface area (Å²) in [5.41, 5.74) is 1.84. The number of likely N-dealkylation sites (tertiary alicyclic amines) is 1. The summed E-state index contributed by atoms with van der Waals surface area (Å²) in [6.07, 6.45) is 6.71. The first kappa shape index (κ1) is 16.5. The van der Waals surface area contributed by atoms with Gasteiger partial charge >= 0.3 is 0 Å². The van der Waals surface area contributed by atoms with E-state index in [4.69, 9.17) is 11.6 Å². The zero-order valence-corrected chi connectivity index (χ0v) is 12.7. The summed E-state index contributed by atoms with van der Waals surface area (Å²) in [4.78, 5) is 13.5. The molecule has 1 fully saturated rings. The number of halogens is 2. The van der Waals surface area contributed by atoms with E-state index in [1.807, 2.05) is 24.3 Å². The standard InChI is InChI=1S/C15H20ClNO.ClH/c16-15(18)14-8-6-13(7-9-14)12-17-10-4-2-1-3-5-11-17;/h6-9H,1-5,10-12H2;1H. The quantitative estimate of drug-likeness (QED) is 0.778. The SMILES string of the molecule is Cl.O=C(Cl)c1ccc(CN2CCCCCCC2)cc1. The molecule has 0 aliphatic carbocycles. The van der Waals surface area contributed by atoms with Crippen molar-refractivity contribution < 1.29 is 4.79 Å². The minimum absolute atomic E-state index is 0. The van der Waals surface area contributed by atoms with E-state index in [2.05, 4.69) is 4.90 Å². The highest BCUT2D eigenvalue weighted by Gasteiger charge is 2.09. The second kappa shape index (κ2) is 8.57. The molecule has 0 bridgehead atoms. The molecule has 1 heterocycles. The Balaban J connectivity index is 0.00000180. The highest BCUT2D eigenvalue weighted by atomic mass is 35.5. The predicted octanol–water partition coefficient (Wildman–Crippen LogP) is 4.25. The number of hydrogen-bond donors (Lipinski definition) is 0. The van der Waals surface area contributed by atoms with E-state index < -0.39 is 0 Å². The number of carbonyl (C=O) groups excluding carboxylic acids is 1. The van der Waals surface area contributed by atoms with Gasteiger partial charge in [0, 0.05) is 12.1 Å². The molecule has 2 rings (SSSR count). The molecule has 0 radical (unpaired) electrons. The van der Waals surface area contributed by atoms with Crippen LogP contribution in [0.3, 0.4) is 0 Å². The van der Waals surface area contributed by atoms with Crippen LogP contribution in [0.1, 0.15) is 48.0 Å². The van der Waals surface area contributed by atoms with Crippen LogP contribution in [0.15, 0.2) is 24.3 Å². The first-order valence-corrected chi connectivity index (χ1v) is 7.14. The Bertz CT molecular complexity index is 384. The topological polar surface area (TPSA) is 20.3 Å². The van der Waals surface area contributed by atoms with Crippen molar-refractivity contribution in [1.82, 2.24) is 4.90 Å². The number of carbonyl (C=O) groups is 1. The highest BCUT2D eigenvalue weighted by Crippen LogP contribution is 2.14. The van der Waals surface area contributed by atoms with Crippen LogP contribution in [-0.2, 0) is 6.54 Å². The Morgan fingerprint density at radius 3 is 2.05 bits per heavy atom. The molecule has 0 aromatic heterocycles. The van der Waals surface area contributed by atoms with Crippen molar-refractivity contribution >= 4 is 29.3 Å². The normalized spacial score (nSPS) is 17.1. The van der Waals surface area contributed by atoms with Gasteiger partial charge in [0.05, 0.1) is 0 Å². The fourth-order valence-electron chi connectivity index (χ4n) is 2.47. The number of rotatable bonds is 3. The van der Waals surface area contributed by atoms with Gasteiger partial charge in [-0.05, 0) is 55.2 Å². The fourth-order valence-corrected chi connectivity index (χ4v) is 2.60. The lowest BCUT2D eigenvalue weighted by molar-refractivity contribution is 0.108. The zero-order chi connectivity index (χ0) is 12.8. The highest BCUT2D eigenvalue weighted by molar-refractivity contribution is 6.67. The van der Waals surface area contributed by atoms with Crippen molar-refractivity contribution in [1.29, 1.82) is 0 Å². The summed E-state index contributed by atoms with van der Waals surface area (Å²) < 4.78 is 0. The van der Waals surface area contributed by atoms with Crippen LogP contribution in [0, 0.1) is 0 Å². The molecule has 0 amide bonds.